The summed E-state index contributed by atoms with van der Waals surface area (Å²) >= 11 is 1.56. The molecule has 72 valence electrons. The van der Waals surface area contributed by atoms with E-state index in [9.17, 15) is 4.39 Å². The van der Waals surface area contributed by atoms with Gasteiger partial charge in [-0.05, 0) is 17.7 Å². The number of anilines is 1. The Hall–Kier alpha value is -1.42. The molecule has 1 aromatic carbocycles. The number of benzene rings is 1. The average Bonchev–Trinajstić information content (AvgIpc) is 2.64. The summed E-state index contributed by atoms with van der Waals surface area (Å²) in [6.07, 6.45) is 2.41. The summed E-state index contributed by atoms with van der Waals surface area (Å²) in [6, 6.07) is 4.86. The summed E-state index contributed by atoms with van der Waals surface area (Å²) < 4.78 is 13.1. The van der Waals surface area contributed by atoms with Gasteiger partial charge in [0.25, 0.3) is 0 Å². The summed E-state index contributed by atoms with van der Waals surface area (Å²) in [5.41, 5.74) is 6.46. The number of nitrogen functional groups attached to an aromatic ring is 1. The number of nitrogens with zero attached hydrogens (tertiary/aromatic N) is 1. The second kappa shape index (κ2) is 3.75. The number of hydrogen-bond acceptors (Lipinski definition) is 3. The molecule has 2 rings (SSSR count). The van der Waals surface area contributed by atoms with Gasteiger partial charge >= 0.3 is 0 Å². The Morgan fingerprint density at radius 2 is 2.29 bits per heavy atom. The van der Waals surface area contributed by atoms with E-state index in [0.717, 1.165) is 10.6 Å². The van der Waals surface area contributed by atoms with Crippen LogP contribution in [-0.2, 0) is 6.42 Å². The minimum Gasteiger partial charge on any atom is -0.396 e. The maximum Gasteiger partial charge on any atom is 0.146 e. The van der Waals surface area contributed by atoms with Gasteiger partial charge in [0.1, 0.15) is 5.82 Å². The van der Waals surface area contributed by atoms with E-state index in [2.05, 4.69) is 4.98 Å². The highest BCUT2D eigenvalue weighted by atomic mass is 32.1. The molecule has 0 aliphatic heterocycles. The highest BCUT2D eigenvalue weighted by Gasteiger charge is 2.02. The van der Waals surface area contributed by atoms with Gasteiger partial charge in [-0.1, -0.05) is 6.07 Å². The third-order valence-corrected chi connectivity index (χ3v) is 2.68. The SMILES string of the molecule is Nc1ccc(Cc2nccs2)cc1F. The van der Waals surface area contributed by atoms with Gasteiger partial charge in [-0.3, -0.25) is 0 Å². The van der Waals surface area contributed by atoms with Gasteiger partial charge in [0, 0.05) is 18.0 Å². The van der Waals surface area contributed by atoms with Gasteiger partial charge in [-0.2, -0.15) is 0 Å². The monoisotopic (exact) mass is 208 g/mol. The average molecular weight is 208 g/mol. The molecule has 0 unspecified atom stereocenters. The molecule has 0 saturated heterocycles. The van der Waals surface area contributed by atoms with Crippen molar-refractivity contribution in [3.05, 3.63) is 46.2 Å². The van der Waals surface area contributed by atoms with E-state index in [4.69, 9.17) is 5.73 Å². The van der Waals surface area contributed by atoms with Crippen LogP contribution in [0.3, 0.4) is 0 Å². The summed E-state index contributed by atoms with van der Waals surface area (Å²) in [5, 5.41) is 2.89. The van der Waals surface area contributed by atoms with E-state index < -0.39 is 0 Å². The van der Waals surface area contributed by atoms with Gasteiger partial charge in [0.05, 0.1) is 10.7 Å². The Labute approximate surface area is 85.2 Å². The molecule has 0 fully saturated rings. The fourth-order valence-corrected chi connectivity index (χ4v) is 1.85. The van der Waals surface area contributed by atoms with Gasteiger partial charge in [-0.15, -0.1) is 11.3 Å². The molecule has 1 heterocycles. The van der Waals surface area contributed by atoms with Crippen LogP contribution in [0.2, 0.25) is 0 Å². The van der Waals surface area contributed by atoms with Crippen molar-refractivity contribution in [2.75, 3.05) is 5.73 Å². The molecule has 2 nitrogen and oxygen atoms in total. The molecule has 2 N–H and O–H groups in total. The molecule has 0 amide bonds. The summed E-state index contributed by atoms with van der Waals surface area (Å²) in [7, 11) is 0. The number of aromatic nitrogens is 1. The Kier molecular flexibility index (Phi) is 2.45. The number of halogens is 1. The first kappa shape index (κ1) is 9.15. The number of thiazole rings is 1. The molecule has 4 heteroatoms. The lowest BCUT2D eigenvalue weighted by Crippen LogP contribution is -1.93. The first-order valence-electron chi connectivity index (χ1n) is 4.18. The van der Waals surface area contributed by atoms with Crippen LogP contribution >= 0.6 is 11.3 Å². The molecule has 14 heavy (non-hydrogen) atoms. The van der Waals surface area contributed by atoms with Gasteiger partial charge in [-0.25, -0.2) is 9.37 Å². The van der Waals surface area contributed by atoms with Gasteiger partial charge in [0.15, 0.2) is 0 Å². The highest BCUT2D eigenvalue weighted by Crippen LogP contribution is 2.16. The number of rotatable bonds is 2. The lowest BCUT2D eigenvalue weighted by Gasteiger charge is -2.00. The Balaban J connectivity index is 2.22. The quantitative estimate of drug-likeness (QED) is 0.770. The Bertz CT molecular complexity index is 426. The minimum atomic E-state index is -0.362. The molecule has 0 aliphatic rings. The van der Waals surface area contributed by atoms with E-state index in [0.29, 0.717) is 6.42 Å². The minimum absolute atomic E-state index is 0.188. The third-order valence-electron chi connectivity index (χ3n) is 1.90. The van der Waals surface area contributed by atoms with Crippen LogP contribution in [0.1, 0.15) is 10.6 Å². The van der Waals surface area contributed by atoms with E-state index in [1.165, 1.54) is 6.07 Å². The molecule has 0 atom stereocenters. The first-order chi connectivity index (χ1) is 6.75. The van der Waals surface area contributed by atoms with E-state index in [1.54, 1.807) is 23.6 Å². The van der Waals surface area contributed by atoms with Gasteiger partial charge < -0.3 is 5.73 Å². The summed E-state index contributed by atoms with van der Waals surface area (Å²) in [4.78, 5) is 4.13. The molecular formula is C10H9FN2S. The van der Waals surface area contributed by atoms with Crippen LogP contribution in [0.15, 0.2) is 29.8 Å². The van der Waals surface area contributed by atoms with E-state index in [1.807, 2.05) is 11.4 Å². The van der Waals surface area contributed by atoms with Crippen LogP contribution in [0.4, 0.5) is 10.1 Å². The van der Waals surface area contributed by atoms with Crippen LogP contribution in [0, 0.1) is 5.82 Å². The van der Waals surface area contributed by atoms with Crippen molar-refractivity contribution in [1.29, 1.82) is 0 Å². The van der Waals surface area contributed by atoms with Crippen molar-refractivity contribution in [1.82, 2.24) is 4.98 Å². The lowest BCUT2D eigenvalue weighted by molar-refractivity contribution is 0.630. The molecule has 2 aromatic rings. The Morgan fingerprint density at radius 3 is 2.93 bits per heavy atom. The number of hydrogen-bond donors (Lipinski definition) is 1. The van der Waals surface area contributed by atoms with Crippen molar-refractivity contribution in [2.45, 2.75) is 6.42 Å². The van der Waals surface area contributed by atoms with Crippen molar-refractivity contribution in [3.8, 4) is 0 Å². The standard InChI is InChI=1S/C10H9FN2S/c11-8-5-7(1-2-9(8)12)6-10-13-3-4-14-10/h1-5H,6,12H2. The predicted molar refractivity (Wildman–Crippen MR) is 55.7 cm³/mol. The molecule has 0 radical (unpaired) electrons. The van der Waals surface area contributed by atoms with Crippen LogP contribution < -0.4 is 5.73 Å². The highest BCUT2D eigenvalue weighted by molar-refractivity contribution is 7.09. The predicted octanol–water partition coefficient (Wildman–Crippen LogP) is 2.46. The molecule has 0 aliphatic carbocycles. The third kappa shape index (κ3) is 1.90. The second-order valence-electron chi connectivity index (χ2n) is 2.96. The maximum atomic E-state index is 13.1. The molecule has 0 saturated carbocycles. The molecular weight excluding hydrogens is 199 g/mol. The Morgan fingerprint density at radius 1 is 1.43 bits per heavy atom. The smallest absolute Gasteiger partial charge is 0.146 e. The number of nitrogens with two attached hydrogens (primary N) is 1. The van der Waals surface area contributed by atoms with Crippen LogP contribution in [-0.4, -0.2) is 4.98 Å². The molecule has 1 aromatic heterocycles. The van der Waals surface area contributed by atoms with Crippen molar-refractivity contribution >= 4 is 17.0 Å². The normalized spacial score (nSPS) is 10.4. The summed E-state index contributed by atoms with van der Waals surface area (Å²) in [6.45, 7) is 0. The summed E-state index contributed by atoms with van der Waals surface area (Å²) in [5.74, 6) is -0.362. The largest absolute Gasteiger partial charge is 0.396 e. The van der Waals surface area contributed by atoms with Gasteiger partial charge in [0.2, 0.25) is 0 Å². The zero-order valence-corrected chi connectivity index (χ0v) is 8.22. The molecule has 0 bridgehead atoms. The topological polar surface area (TPSA) is 38.9 Å². The van der Waals surface area contributed by atoms with Crippen LogP contribution in [0.25, 0.3) is 0 Å². The fraction of sp³-hybridized carbons (Fsp3) is 0.100. The fourth-order valence-electron chi connectivity index (χ4n) is 1.20. The van der Waals surface area contributed by atoms with Crippen molar-refractivity contribution in [3.63, 3.8) is 0 Å². The van der Waals surface area contributed by atoms with Crippen LogP contribution in [0.5, 0.6) is 0 Å². The maximum absolute atomic E-state index is 13.1. The first-order valence-corrected chi connectivity index (χ1v) is 5.06. The zero-order valence-electron chi connectivity index (χ0n) is 7.40. The lowest BCUT2D eigenvalue weighted by atomic mass is 10.1. The van der Waals surface area contributed by atoms with Crippen molar-refractivity contribution in [2.24, 2.45) is 0 Å². The molecule has 0 spiro atoms. The van der Waals surface area contributed by atoms with Crippen molar-refractivity contribution < 1.29 is 4.39 Å². The second-order valence-corrected chi connectivity index (χ2v) is 3.94. The van der Waals surface area contributed by atoms with E-state index in [-0.39, 0.29) is 11.5 Å². The zero-order chi connectivity index (χ0) is 9.97. The van der Waals surface area contributed by atoms with E-state index >= 15 is 0 Å².